The lowest BCUT2D eigenvalue weighted by atomic mass is 9.89. The second-order valence-electron chi connectivity index (χ2n) is 10.1. The quantitative estimate of drug-likeness (QED) is 0.514. The van der Waals surface area contributed by atoms with E-state index >= 15 is 0 Å². The van der Waals surface area contributed by atoms with E-state index in [1.165, 1.54) is 5.56 Å². The second-order valence-corrected chi connectivity index (χ2v) is 10.1. The fourth-order valence-electron chi connectivity index (χ4n) is 5.49. The Morgan fingerprint density at radius 3 is 2.69 bits per heavy atom. The van der Waals surface area contributed by atoms with E-state index in [0.717, 1.165) is 53.8 Å². The molecule has 0 spiro atoms. The number of amides is 1. The summed E-state index contributed by atoms with van der Waals surface area (Å²) in [4.78, 5) is 20.9. The number of morpholine rings is 1. The SMILES string of the molecule is CC(C)CC(C)c1cccc2c(N3CCOCC3)c(C(=O)N[C@H]3CCOc4ccccc43)cnc12. The molecule has 35 heavy (non-hydrogen) atoms. The molecule has 2 aliphatic heterocycles. The maximum atomic E-state index is 13.7. The van der Waals surface area contributed by atoms with Crippen molar-refractivity contribution < 1.29 is 14.3 Å². The van der Waals surface area contributed by atoms with Crippen LogP contribution in [0.1, 0.15) is 67.1 Å². The summed E-state index contributed by atoms with van der Waals surface area (Å²) in [5.41, 5.74) is 4.86. The first-order chi connectivity index (χ1) is 17.0. The third kappa shape index (κ3) is 4.85. The molecule has 2 aliphatic rings. The van der Waals surface area contributed by atoms with Crippen LogP contribution in [0.25, 0.3) is 10.9 Å². The number of anilines is 1. The third-order valence-corrected chi connectivity index (χ3v) is 7.09. The van der Waals surface area contributed by atoms with Gasteiger partial charge in [0.05, 0.1) is 42.6 Å². The predicted octanol–water partition coefficient (Wildman–Crippen LogP) is 5.47. The fraction of sp³-hybridized carbons (Fsp3) is 0.448. The summed E-state index contributed by atoms with van der Waals surface area (Å²) >= 11 is 0. The smallest absolute Gasteiger partial charge is 0.255 e. The van der Waals surface area contributed by atoms with Crippen LogP contribution in [0, 0.1) is 5.92 Å². The Kier molecular flexibility index (Phi) is 6.91. The lowest BCUT2D eigenvalue weighted by Crippen LogP contribution is -2.39. The molecule has 2 aromatic carbocycles. The fourth-order valence-corrected chi connectivity index (χ4v) is 5.49. The van der Waals surface area contributed by atoms with Gasteiger partial charge in [-0.3, -0.25) is 9.78 Å². The van der Waals surface area contributed by atoms with E-state index in [1.54, 1.807) is 6.20 Å². The number of pyridine rings is 1. The van der Waals surface area contributed by atoms with Gasteiger partial charge in [0.1, 0.15) is 5.75 Å². The number of hydrogen-bond donors (Lipinski definition) is 1. The van der Waals surface area contributed by atoms with Gasteiger partial charge in [0, 0.05) is 36.7 Å². The van der Waals surface area contributed by atoms with Gasteiger partial charge in [-0.05, 0) is 29.9 Å². The molecule has 6 heteroatoms. The first-order valence-corrected chi connectivity index (χ1v) is 12.8. The predicted molar refractivity (Wildman–Crippen MR) is 139 cm³/mol. The Labute approximate surface area is 207 Å². The minimum atomic E-state index is -0.0942. The van der Waals surface area contributed by atoms with Gasteiger partial charge in [-0.1, -0.05) is 57.2 Å². The molecule has 0 radical (unpaired) electrons. The molecule has 5 rings (SSSR count). The van der Waals surface area contributed by atoms with Crippen molar-refractivity contribution in [2.24, 2.45) is 5.92 Å². The molecular formula is C29H35N3O3. The Hall–Kier alpha value is -3.12. The molecule has 3 aromatic rings. The molecule has 1 fully saturated rings. The number of fused-ring (bicyclic) bond motifs is 2. The lowest BCUT2D eigenvalue weighted by Gasteiger charge is -2.32. The van der Waals surface area contributed by atoms with E-state index < -0.39 is 0 Å². The molecule has 1 saturated heterocycles. The zero-order valence-corrected chi connectivity index (χ0v) is 20.9. The number of para-hydroxylation sites is 2. The third-order valence-electron chi connectivity index (χ3n) is 7.09. The highest BCUT2D eigenvalue weighted by molar-refractivity contribution is 6.08. The number of hydrogen-bond acceptors (Lipinski definition) is 5. The van der Waals surface area contributed by atoms with Gasteiger partial charge in [-0.25, -0.2) is 0 Å². The maximum Gasteiger partial charge on any atom is 0.255 e. The molecule has 1 aromatic heterocycles. The van der Waals surface area contributed by atoms with Crippen LogP contribution >= 0.6 is 0 Å². The van der Waals surface area contributed by atoms with E-state index in [0.29, 0.717) is 37.2 Å². The Morgan fingerprint density at radius 1 is 1.09 bits per heavy atom. The van der Waals surface area contributed by atoms with Crippen LogP contribution in [0.15, 0.2) is 48.7 Å². The number of benzene rings is 2. The average molecular weight is 474 g/mol. The van der Waals surface area contributed by atoms with Gasteiger partial charge in [0.2, 0.25) is 0 Å². The van der Waals surface area contributed by atoms with Crippen molar-refractivity contribution in [2.45, 2.75) is 45.6 Å². The number of ether oxygens (including phenoxy) is 2. The van der Waals surface area contributed by atoms with E-state index in [9.17, 15) is 4.79 Å². The van der Waals surface area contributed by atoms with Gasteiger partial charge in [-0.2, -0.15) is 0 Å². The normalized spacial score (nSPS) is 18.7. The Balaban J connectivity index is 1.55. The molecular weight excluding hydrogens is 438 g/mol. The summed E-state index contributed by atoms with van der Waals surface area (Å²) in [6.45, 7) is 10.2. The highest BCUT2D eigenvalue weighted by Crippen LogP contribution is 2.37. The number of carbonyl (C=O) groups is 1. The summed E-state index contributed by atoms with van der Waals surface area (Å²) in [5, 5.41) is 4.32. The van der Waals surface area contributed by atoms with Crippen molar-refractivity contribution >= 4 is 22.5 Å². The van der Waals surface area contributed by atoms with E-state index in [2.05, 4.69) is 49.2 Å². The van der Waals surface area contributed by atoms with Crippen LogP contribution in [-0.4, -0.2) is 43.8 Å². The summed E-state index contributed by atoms with van der Waals surface area (Å²) in [7, 11) is 0. The molecule has 0 aliphatic carbocycles. The van der Waals surface area contributed by atoms with E-state index in [-0.39, 0.29) is 11.9 Å². The molecule has 1 amide bonds. The van der Waals surface area contributed by atoms with Crippen molar-refractivity contribution in [2.75, 3.05) is 37.8 Å². The molecule has 6 nitrogen and oxygen atoms in total. The zero-order chi connectivity index (χ0) is 24.4. The molecule has 0 saturated carbocycles. The van der Waals surface area contributed by atoms with Crippen LogP contribution in [0.4, 0.5) is 5.69 Å². The van der Waals surface area contributed by atoms with E-state index in [4.69, 9.17) is 14.5 Å². The first kappa shape index (κ1) is 23.6. The minimum absolute atomic E-state index is 0.0851. The van der Waals surface area contributed by atoms with Crippen LogP contribution in [0.5, 0.6) is 5.75 Å². The Bertz CT molecular complexity index is 1200. The molecule has 2 atom stereocenters. The van der Waals surface area contributed by atoms with Gasteiger partial charge in [0.15, 0.2) is 0 Å². The van der Waals surface area contributed by atoms with Crippen LogP contribution in [0.3, 0.4) is 0 Å². The number of carbonyl (C=O) groups excluding carboxylic acids is 1. The monoisotopic (exact) mass is 473 g/mol. The molecule has 0 bridgehead atoms. The number of aromatic nitrogens is 1. The lowest BCUT2D eigenvalue weighted by molar-refractivity contribution is 0.0923. The van der Waals surface area contributed by atoms with Crippen molar-refractivity contribution in [1.29, 1.82) is 0 Å². The summed E-state index contributed by atoms with van der Waals surface area (Å²) in [5.74, 6) is 1.75. The van der Waals surface area contributed by atoms with Crippen molar-refractivity contribution in [3.8, 4) is 5.75 Å². The highest BCUT2D eigenvalue weighted by Gasteiger charge is 2.28. The van der Waals surface area contributed by atoms with Gasteiger partial charge in [0.25, 0.3) is 5.91 Å². The first-order valence-electron chi connectivity index (χ1n) is 12.8. The number of nitrogens with zero attached hydrogens (tertiary/aromatic N) is 2. The van der Waals surface area contributed by atoms with E-state index in [1.807, 2.05) is 24.3 Å². The standard InChI is InChI=1S/C29H35N3O3/c1-19(2)17-20(3)21-8-6-9-23-27(21)30-18-24(28(23)32-12-15-34-16-13-32)29(33)31-25-11-14-35-26-10-5-4-7-22(25)26/h4-10,18-20,25H,11-17H2,1-3H3,(H,31,33)/t20?,25-/m0/s1. The maximum absolute atomic E-state index is 13.7. The Morgan fingerprint density at radius 2 is 1.89 bits per heavy atom. The number of nitrogens with one attached hydrogen (secondary N) is 1. The second kappa shape index (κ2) is 10.2. The average Bonchev–Trinajstić information content (AvgIpc) is 2.88. The summed E-state index contributed by atoms with van der Waals surface area (Å²) in [6.07, 6.45) is 3.62. The van der Waals surface area contributed by atoms with Gasteiger partial charge < -0.3 is 19.7 Å². The van der Waals surface area contributed by atoms with Gasteiger partial charge in [-0.15, -0.1) is 0 Å². The van der Waals surface area contributed by atoms with Crippen molar-refractivity contribution in [1.82, 2.24) is 10.3 Å². The molecule has 184 valence electrons. The molecule has 3 heterocycles. The van der Waals surface area contributed by atoms with Crippen molar-refractivity contribution in [3.63, 3.8) is 0 Å². The summed E-state index contributed by atoms with van der Waals surface area (Å²) < 4.78 is 11.4. The van der Waals surface area contributed by atoms with Gasteiger partial charge >= 0.3 is 0 Å². The molecule has 1 N–H and O–H groups in total. The van der Waals surface area contributed by atoms with Crippen LogP contribution in [-0.2, 0) is 4.74 Å². The summed E-state index contributed by atoms with van der Waals surface area (Å²) in [6, 6.07) is 14.3. The zero-order valence-electron chi connectivity index (χ0n) is 20.9. The van der Waals surface area contributed by atoms with Crippen LogP contribution in [0.2, 0.25) is 0 Å². The van der Waals surface area contributed by atoms with Crippen LogP contribution < -0.4 is 15.0 Å². The topological polar surface area (TPSA) is 63.7 Å². The largest absolute Gasteiger partial charge is 0.493 e. The molecule has 1 unspecified atom stereocenters. The minimum Gasteiger partial charge on any atom is -0.493 e. The highest BCUT2D eigenvalue weighted by atomic mass is 16.5. The number of rotatable bonds is 6. The van der Waals surface area contributed by atoms with Crippen molar-refractivity contribution in [3.05, 3.63) is 65.4 Å².